The fraction of sp³-hybridized carbons (Fsp3) is 0.167. The first-order valence-electron chi connectivity index (χ1n) is 11.1. The molecule has 0 aliphatic carbocycles. The Kier molecular flexibility index (Phi) is 6.50. The van der Waals surface area contributed by atoms with E-state index in [1.54, 1.807) is 59.8 Å². The molecule has 0 bridgehead atoms. The monoisotopic (exact) mass is 596 g/mol. The molecule has 0 atom stereocenters. The Labute approximate surface area is 219 Å². The zero-order chi connectivity index (χ0) is 25.2. The zero-order valence-corrected chi connectivity index (χ0v) is 21.1. The molecule has 0 spiro atoms. The number of nitrogens with two attached hydrogens (primary N) is 1. The van der Waals surface area contributed by atoms with Crippen LogP contribution in [0.2, 0.25) is 0 Å². The predicted molar refractivity (Wildman–Crippen MR) is 142 cm³/mol. The summed E-state index contributed by atoms with van der Waals surface area (Å²) >= 11 is 2.16. The third-order valence-electron chi connectivity index (χ3n) is 5.84. The van der Waals surface area contributed by atoms with Crippen molar-refractivity contribution in [2.45, 2.75) is 0 Å². The van der Waals surface area contributed by atoms with Gasteiger partial charge in [-0.3, -0.25) is 19.7 Å². The van der Waals surface area contributed by atoms with Crippen LogP contribution in [0.1, 0.15) is 31.1 Å². The van der Waals surface area contributed by atoms with Crippen molar-refractivity contribution in [3.8, 4) is 0 Å². The number of aromatic nitrogens is 4. The van der Waals surface area contributed by atoms with Gasteiger partial charge in [-0.25, -0.2) is 15.0 Å². The van der Waals surface area contributed by atoms with Gasteiger partial charge in [0.05, 0.1) is 11.1 Å². The van der Waals surface area contributed by atoms with Gasteiger partial charge < -0.3 is 20.5 Å². The molecule has 3 heterocycles. The second kappa shape index (κ2) is 9.89. The van der Waals surface area contributed by atoms with E-state index in [0.29, 0.717) is 54.3 Å². The maximum absolute atomic E-state index is 13.1. The van der Waals surface area contributed by atoms with Gasteiger partial charge in [-0.05, 0) is 52.9 Å². The highest BCUT2D eigenvalue weighted by Gasteiger charge is 2.24. The van der Waals surface area contributed by atoms with Crippen LogP contribution in [0.15, 0.2) is 54.9 Å². The fourth-order valence-corrected chi connectivity index (χ4v) is 4.30. The summed E-state index contributed by atoms with van der Waals surface area (Å²) in [5, 5.41) is 2.68. The number of rotatable bonds is 5. The molecule has 4 aromatic rings. The lowest BCUT2D eigenvalue weighted by Gasteiger charge is -2.34. The van der Waals surface area contributed by atoms with Crippen LogP contribution in [-0.4, -0.2) is 68.7 Å². The number of nitrogens with one attached hydrogen (secondary N) is 2. The number of halogens is 1. The summed E-state index contributed by atoms with van der Waals surface area (Å²) < 4.78 is 0.963. The Morgan fingerprint density at radius 3 is 2.39 bits per heavy atom. The number of piperazine rings is 1. The number of hydrogen-bond donors (Lipinski definition) is 3. The summed E-state index contributed by atoms with van der Waals surface area (Å²) in [5.41, 5.74) is 7.33. The molecule has 2 aromatic carbocycles. The van der Waals surface area contributed by atoms with E-state index in [2.05, 4.69) is 47.8 Å². The van der Waals surface area contributed by atoms with Gasteiger partial charge in [-0.1, -0.05) is 12.1 Å². The first-order chi connectivity index (χ1) is 17.4. The van der Waals surface area contributed by atoms with Crippen molar-refractivity contribution in [2.24, 2.45) is 5.73 Å². The second-order valence-electron chi connectivity index (χ2n) is 8.17. The number of H-pyrrole nitrogens is 1. The SMILES string of the molecule is NC(=O)c1cccc2[nH]c(NC(=O)c3cccc(C(=O)N4CCN(c5ncc(I)cn5)CC4)c3)nc12. The molecule has 1 saturated heterocycles. The number of imidazole rings is 1. The van der Waals surface area contributed by atoms with Crippen LogP contribution in [0.4, 0.5) is 11.9 Å². The van der Waals surface area contributed by atoms with E-state index in [4.69, 9.17) is 5.73 Å². The molecule has 1 fully saturated rings. The van der Waals surface area contributed by atoms with Gasteiger partial charge in [-0.15, -0.1) is 0 Å². The minimum absolute atomic E-state index is 0.150. The van der Waals surface area contributed by atoms with Crippen molar-refractivity contribution in [2.75, 3.05) is 36.4 Å². The molecule has 0 radical (unpaired) electrons. The normalized spacial score (nSPS) is 13.6. The van der Waals surface area contributed by atoms with Crippen molar-refractivity contribution in [1.82, 2.24) is 24.8 Å². The molecule has 2 aromatic heterocycles. The third-order valence-corrected chi connectivity index (χ3v) is 6.40. The minimum atomic E-state index is -0.608. The Hall–Kier alpha value is -4.07. The van der Waals surface area contributed by atoms with Crippen molar-refractivity contribution in [3.05, 3.63) is 75.1 Å². The molecule has 1 aliphatic heterocycles. The van der Waals surface area contributed by atoms with Crippen molar-refractivity contribution in [1.29, 1.82) is 0 Å². The average Bonchev–Trinajstić information content (AvgIpc) is 3.31. The predicted octanol–water partition coefficient (Wildman–Crippen LogP) is 2.27. The van der Waals surface area contributed by atoms with Crippen LogP contribution < -0.4 is 16.0 Å². The standard InChI is InChI=1S/C24H21IN8O3/c25-16-12-27-24(28-13-16)33-9-7-32(8-10-33)22(36)15-4-1-3-14(11-15)21(35)31-23-29-18-6-2-5-17(20(26)34)19(18)30-23/h1-6,11-13H,7-10H2,(H2,26,34)(H2,29,30,31,35). The topological polar surface area (TPSA) is 150 Å². The molecule has 11 nitrogen and oxygen atoms in total. The van der Waals surface area contributed by atoms with Crippen molar-refractivity contribution < 1.29 is 14.4 Å². The molecule has 1 aliphatic rings. The number of aromatic amines is 1. The van der Waals surface area contributed by atoms with E-state index in [0.717, 1.165) is 3.57 Å². The molecule has 0 saturated carbocycles. The number of nitrogens with zero attached hydrogens (tertiary/aromatic N) is 5. The Balaban J connectivity index is 1.26. The zero-order valence-electron chi connectivity index (χ0n) is 18.9. The second-order valence-corrected chi connectivity index (χ2v) is 9.41. The van der Waals surface area contributed by atoms with Crippen LogP contribution in [0.25, 0.3) is 11.0 Å². The van der Waals surface area contributed by atoms with E-state index in [1.807, 2.05) is 4.90 Å². The highest BCUT2D eigenvalue weighted by Crippen LogP contribution is 2.20. The molecule has 182 valence electrons. The van der Waals surface area contributed by atoms with Gasteiger partial charge in [-0.2, -0.15) is 0 Å². The molecule has 5 rings (SSSR count). The maximum Gasteiger partial charge on any atom is 0.257 e. The number of carbonyl (C=O) groups is 3. The summed E-state index contributed by atoms with van der Waals surface area (Å²) in [4.78, 5) is 57.4. The Bertz CT molecular complexity index is 1460. The Morgan fingerprint density at radius 2 is 1.67 bits per heavy atom. The molecule has 4 N–H and O–H groups in total. The number of carbonyl (C=O) groups excluding carboxylic acids is 3. The van der Waals surface area contributed by atoms with Crippen LogP contribution >= 0.6 is 22.6 Å². The largest absolute Gasteiger partial charge is 0.366 e. The van der Waals surface area contributed by atoms with Crippen LogP contribution in [0.5, 0.6) is 0 Å². The number of primary amides is 1. The van der Waals surface area contributed by atoms with Crippen molar-refractivity contribution in [3.63, 3.8) is 0 Å². The summed E-state index contributed by atoms with van der Waals surface area (Å²) in [6, 6.07) is 11.5. The van der Waals surface area contributed by atoms with Crippen LogP contribution in [0.3, 0.4) is 0 Å². The number of anilines is 2. The van der Waals surface area contributed by atoms with Crippen molar-refractivity contribution >= 4 is 63.2 Å². The molecular formula is C24H21IN8O3. The van der Waals surface area contributed by atoms with E-state index in [1.165, 1.54) is 0 Å². The molecular weight excluding hydrogens is 575 g/mol. The number of para-hydroxylation sites is 1. The number of hydrogen-bond acceptors (Lipinski definition) is 7. The van der Waals surface area contributed by atoms with Gasteiger partial charge in [0.2, 0.25) is 11.9 Å². The van der Waals surface area contributed by atoms with Gasteiger partial charge in [0.25, 0.3) is 17.7 Å². The quantitative estimate of drug-likeness (QED) is 0.299. The van der Waals surface area contributed by atoms with Gasteiger partial charge in [0, 0.05) is 53.3 Å². The number of amides is 3. The molecule has 0 unspecified atom stereocenters. The summed E-state index contributed by atoms with van der Waals surface area (Å²) in [7, 11) is 0. The van der Waals surface area contributed by atoms with Crippen LogP contribution in [-0.2, 0) is 0 Å². The highest BCUT2D eigenvalue weighted by atomic mass is 127. The lowest BCUT2D eigenvalue weighted by molar-refractivity contribution is 0.0746. The molecule has 12 heteroatoms. The van der Waals surface area contributed by atoms with E-state index in [-0.39, 0.29) is 17.4 Å². The lowest BCUT2D eigenvalue weighted by atomic mass is 10.1. The smallest absolute Gasteiger partial charge is 0.257 e. The number of benzene rings is 2. The minimum Gasteiger partial charge on any atom is -0.366 e. The van der Waals surface area contributed by atoms with E-state index >= 15 is 0 Å². The van der Waals surface area contributed by atoms with Gasteiger partial charge in [0.1, 0.15) is 5.52 Å². The van der Waals surface area contributed by atoms with E-state index < -0.39 is 11.8 Å². The molecule has 3 amide bonds. The maximum atomic E-state index is 13.1. The third kappa shape index (κ3) is 4.84. The fourth-order valence-electron chi connectivity index (χ4n) is 4.02. The summed E-state index contributed by atoms with van der Waals surface area (Å²) in [5.74, 6) is -0.375. The first-order valence-corrected chi connectivity index (χ1v) is 12.2. The Morgan fingerprint density at radius 1 is 0.972 bits per heavy atom. The lowest BCUT2D eigenvalue weighted by Crippen LogP contribution is -2.49. The number of fused-ring (bicyclic) bond motifs is 1. The summed E-state index contributed by atoms with van der Waals surface area (Å²) in [6.07, 6.45) is 3.53. The highest BCUT2D eigenvalue weighted by molar-refractivity contribution is 14.1. The van der Waals surface area contributed by atoms with Crippen LogP contribution in [0, 0.1) is 3.57 Å². The molecule has 36 heavy (non-hydrogen) atoms. The average molecular weight is 596 g/mol. The van der Waals surface area contributed by atoms with Gasteiger partial charge >= 0.3 is 0 Å². The first kappa shape index (κ1) is 23.7. The van der Waals surface area contributed by atoms with Gasteiger partial charge in [0.15, 0.2) is 0 Å². The summed E-state index contributed by atoms with van der Waals surface area (Å²) in [6.45, 7) is 2.27. The van der Waals surface area contributed by atoms with E-state index in [9.17, 15) is 14.4 Å².